The minimum atomic E-state index is -0.506. The van der Waals surface area contributed by atoms with Crippen molar-refractivity contribution in [3.05, 3.63) is 76.5 Å². The van der Waals surface area contributed by atoms with Crippen LogP contribution in [0.25, 0.3) is 11.3 Å². The van der Waals surface area contributed by atoms with Crippen LogP contribution in [0.15, 0.2) is 70.2 Å². The van der Waals surface area contributed by atoms with Crippen molar-refractivity contribution in [1.82, 2.24) is 5.43 Å². The molecule has 2 aromatic carbocycles. The van der Waals surface area contributed by atoms with E-state index in [4.69, 9.17) is 9.15 Å². The maximum atomic E-state index is 11.8. The van der Waals surface area contributed by atoms with E-state index in [-0.39, 0.29) is 18.1 Å². The van der Waals surface area contributed by atoms with Gasteiger partial charge in [-0.3, -0.25) is 14.9 Å². The van der Waals surface area contributed by atoms with E-state index in [1.807, 2.05) is 30.3 Å². The molecule has 0 spiro atoms. The molecular weight excluding hydrogens is 376 g/mol. The van der Waals surface area contributed by atoms with Crippen LogP contribution in [0.5, 0.6) is 5.75 Å². The number of carbonyl (C=O) groups is 1. The molecule has 2 N–H and O–H groups in total. The molecule has 0 atom stereocenters. The predicted molar refractivity (Wildman–Crippen MR) is 108 cm³/mol. The highest BCUT2D eigenvalue weighted by molar-refractivity contribution is 5.83. The van der Waals surface area contributed by atoms with Crippen LogP contribution in [0, 0.1) is 10.1 Å². The first-order valence-electron chi connectivity index (χ1n) is 8.60. The van der Waals surface area contributed by atoms with Crippen molar-refractivity contribution in [2.24, 2.45) is 5.10 Å². The molecule has 0 radical (unpaired) electrons. The maximum absolute atomic E-state index is 11.8. The van der Waals surface area contributed by atoms with Crippen molar-refractivity contribution in [3.8, 4) is 17.1 Å². The van der Waals surface area contributed by atoms with E-state index in [1.165, 1.54) is 19.4 Å². The minimum absolute atomic E-state index is 0.0583. The third-order valence-electron chi connectivity index (χ3n) is 3.90. The lowest BCUT2D eigenvalue weighted by molar-refractivity contribution is -0.384. The largest absolute Gasteiger partial charge is 0.497 e. The highest BCUT2D eigenvalue weighted by atomic mass is 16.6. The van der Waals surface area contributed by atoms with E-state index in [9.17, 15) is 14.9 Å². The number of amides is 1. The van der Waals surface area contributed by atoms with Crippen molar-refractivity contribution in [2.75, 3.05) is 19.0 Å². The third kappa shape index (κ3) is 5.19. The predicted octanol–water partition coefficient (Wildman–Crippen LogP) is 3.43. The maximum Gasteiger partial charge on any atom is 0.284 e. The SMILES string of the molecule is COc1ccc(-c2ccc(/C=N\NC(=O)CNc3ccccc3)o2)c([N+](=O)[O-])c1. The summed E-state index contributed by atoms with van der Waals surface area (Å²) in [5, 5.41) is 18.1. The summed E-state index contributed by atoms with van der Waals surface area (Å²) in [6, 6.07) is 17.0. The van der Waals surface area contributed by atoms with Gasteiger partial charge in [-0.05, 0) is 36.4 Å². The van der Waals surface area contributed by atoms with Crippen molar-refractivity contribution in [2.45, 2.75) is 0 Å². The van der Waals surface area contributed by atoms with Gasteiger partial charge in [-0.1, -0.05) is 18.2 Å². The molecular formula is C20H18N4O5. The number of nitro benzene ring substituents is 1. The monoisotopic (exact) mass is 394 g/mol. The Morgan fingerprint density at radius 2 is 2.00 bits per heavy atom. The van der Waals surface area contributed by atoms with E-state index < -0.39 is 4.92 Å². The summed E-state index contributed by atoms with van der Waals surface area (Å²) in [6.07, 6.45) is 1.32. The molecule has 29 heavy (non-hydrogen) atoms. The molecule has 0 aliphatic carbocycles. The normalized spacial score (nSPS) is 10.7. The average Bonchev–Trinajstić information content (AvgIpc) is 3.21. The van der Waals surface area contributed by atoms with Gasteiger partial charge in [0, 0.05) is 5.69 Å². The van der Waals surface area contributed by atoms with Gasteiger partial charge in [-0.15, -0.1) is 0 Å². The molecule has 0 aliphatic heterocycles. The number of rotatable bonds is 8. The number of hydrogen-bond acceptors (Lipinski definition) is 7. The molecule has 0 saturated carbocycles. The van der Waals surface area contributed by atoms with Gasteiger partial charge in [-0.25, -0.2) is 5.43 Å². The molecule has 0 bridgehead atoms. The highest BCUT2D eigenvalue weighted by Gasteiger charge is 2.19. The molecule has 3 rings (SSSR count). The van der Waals surface area contributed by atoms with Crippen LogP contribution in [0.3, 0.4) is 0 Å². The number of nitro groups is 1. The number of methoxy groups -OCH3 is 1. The third-order valence-corrected chi connectivity index (χ3v) is 3.90. The fraction of sp³-hybridized carbons (Fsp3) is 0.100. The molecule has 9 heteroatoms. The van der Waals surface area contributed by atoms with E-state index in [0.717, 1.165) is 5.69 Å². The number of furan rings is 1. The van der Waals surface area contributed by atoms with Crippen LogP contribution in [0.1, 0.15) is 5.76 Å². The molecule has 0 saturated heterocycles. The second kappa shape index (κ2) is 9.18. The molecule has 9 nitrogen and oxygen atoms in total. The topological polar surface area (TPSA) is 119 Å². The summed E-state index contributed by atoms with van der Waals surface area (Å²) < 4.78 is 10.6. The van der Waals surface area contributed by atoms with Crippen LogP contribution >= 0.6 is 0 Å². The summed E-state index contributed by atoms with van der Waals surface area (Å²) in [5.74, 6) is 0.683. The minimum Gasteiger partial charge on any atom is -0.497 e. The Balaban J connectivity index is 1.62. The Bertz CT molecular complexity index is 1030. The Kier molecular flexibility index (Phi) is 6.21. The molecule has 1 aromatic heterocycles. The first-order valence-corrected chi connectivity index (χ1v) is 8.60. The van der Waals surface area contributed by atoms with Gasteiger partial charge in [0.2, 0.25) is 0 Å². The Labute approximate surface area is 166 Å². The van der Waals surface area contributed by atoms with Gasteiger partial charge in [0.05, 0.1) is 36.4 Å². The highest BCUT2D eigenvalue weighted by Crippen LogP contribution is 2.33. The first-order chi connectivity index (χ1) is 14.1. The van der Waals surface area contributed by atoms with E-state index >= 15 is 0 Å². The van der Waals surface area contributed by atoms with Crippen molar-refractivity contribution in [1.29, 1.82) is 0 Å². The number of hydrazone groups is 1. The molecule has 148 valence electrons. The standard InChI is InChI=1S/C20H18N4O5/c1-28-15-7-9-17(18(11-15)24(26)27)19-10-8-16(29-19)12-22-23-20(25)13-21-14-5-3-2-4-6-14/h2-12,21H,13H2,1H3,(H,23,25)/b22-12-. The Morgan fingerprint density at radius 1 is 1.21 bits per heavy atom. The quantitative estimate of drug-likeness (QED) is 0.343. The van der Waals surface area contributed by atoms with E-state index in [0.29, 0.717) is 22.8 Å². The second-order valence-electron chi connectivity index (χ2n) is 5.85. The summed E-state index contributed by atoms with van der Waals surface area (Å²) >= 11 is 0. The fourth-order valence-corrected chi connectivity index (χ4v) is 2.51. The van der Waals surface area contributed by atoms with Gasteiger partial charge in [0.15, 0.2) is 0 Å². The number of nitrogens with zero attached hydrogens (tertiary/aromatic N) is 2. The number of hydrogen-bond donors (Lipinski definition) is 2. The Hall–Kier alpha value is -4.14. The summed E-state index contributed by atoms with van der Waals surface area (Å²) in [4.78, 5) is 22.6. The Morgan fingerprint density at radius 3 is 2.72 bits per heavy atom. The summed E-state index contributed by atoms with van der Waals surface area (Å²) in [7, 11) is 1.43. The van der Waals surface area contributed by atoms with Crippen molar-refractivity contribution in [3.63, 3.8) is 0 Å². The van der Waals surface area contributed by atoms with Crippen molar-refractivity contribution < 1.29 is 18.9 Å². The molecule has 0 unspecified atom stereocenters. The zero-order valence-electron chi connectivity index (χ0n) is 15.5. The van der Waals surface area contributed by atoms with Crippen LogP contribution in [-0.2, 0) is 4.79 Å². The zero-order chi connectivity index (χ0) is 20.6. The number of anilines is 1. The van der Waals surface area contributed by atoms with Gasteiger partial charge in [-0.2, -0.15) is 5.10 Å². The van der Waals surface area contributed by atoms with Crippen molar-refractivity contribution >= 4 is 23.5 Å². The lowest BCUT2D eigenvalue weighted by Gasteiger charge is -2.04. The lowest BCUT2D eigenvalue weighted by Crippen LogP contribution is -2.25. The smallest absolute Gasteiger partial charge is 0.284 e. The number of ether oxygens (including phenoxy) is 1. The molecule has 0 fully saturated rings. The van der Waals surface area contributed by atoms with E-state index in [2.05, 4.69) is 15.8 Å². The zero-order valence-corrected chi connectivity index (χ0v) is 15.5. The van der Waals surface area contributed by atoms with E-state index in [1.54, 1.807) is 24.3 Å². The summed E-state index contributed by atoms with van der Waals surface area (Å²) in [5.41, 5.74) is 3.38. The van der Waals surface area contributed by atoms with Gasteiger partial charge >= 0.3 is 0 Å². The molecule has 1 heterocycles. The number of nitrogens with one attached hydrogen (secondary N) is 2. The van der Waals surface area contributed by atoms with Gasteiger partial charge < -0.3 is 14.5 Å². The second-order valence-corrected chi connectivity index (χ2v) is 5.85. The molecule has 0 aliphatic rings. The van der Waals surface area contributed by atoms with Crippen LogP contribution < -0.4 is 15.5 Å². The average molecular weight is 394 g/mol. The van der Waals surface area contributed by atoms with Gasteiger partial charge in [0.1, 0.15) is 17.3 Å². The number of carbonyl (C=O) groups excluding carboxylic acids is 1. The number of para-hydroxylation sites is 1. The van der Waals surface area contributed by atoms with Crippen LogP contribution in [-0.4, -0.2) is 30.7 Å². The first kappa shape index (κ1) is 19.6. The van der Waals surface area contributed by atoms with Crippen LogP contribution in [0.2, 0.25) is 0 Å². The molecule has 3 aromatic rings. The number of benzene rings is 2. The fourth-order valence-electron chi connectivity index (χ4n) is 2.51. The molecule has 1 amide bonds. The summed E-state index contributed by atoms with van der Waals surface area (Å²) in [6.45, 7) is 0.0583. The van der Waals surface area contributed by atoms with Crippen LogP contribution in [0.4, 0.5) is 11.4 Å². The van der Waals surface area contributed by atoms with Gasteiger partial charge in [0.25, 0.3) is 11.6 Å². The lowest BCUT2D eigenvalue weighted by atomic mass is 10.1.